The predicted octanol–water partition coefficient (Wildman–Crippen LogP) is -0.0983. The van der Waals surface area contributed by atoms with Crippen molar-refractivity contribution in [3.8, 4) is 0 Å². The Kier molecular flexibility index (Phi) is 2.79. The first-order valence-corrected chi connectivity index (χ1v) is 3.90. The fourth-order valence-corrected chi connectivity index (χ4v) is 1.24. The first kappa shape index (κ1) is 10.1. The summed E-state index contributed by atoms with van der Waals surface area (Å²) >= 11 is 0. The minimum Gasteiger partial charge on any atom is -0.412 e. The Bertz CT molecular complexity index is 395. The van der Waals surface area contributed by atoms with Crippen LogP contribution in [0.1, 0.15) is 5.56 Å². The highest BCUT2D eigenvalue weighted by molar-refractivity contribution is 6.33. The quantitative estimate of drug-likeness (QED) is 0.629. The van der Waals surface area contributed by atoms with Gasteiger partial charge in [-0.15, -0.1) is 0 Å². The Balaban J connectivity index is 0.000000980. The van der Waals surface area contributed by atoms with E-state index in [0.717, 1.165) is 5.56 Å². The molecule has 2 amide bonds. The molecule has 4 heteroatoms. The summed E-state index contributed by atoms with van der Waals surface area (Å²) in [5.41, 5.74) is 1.21. The lowest BCUT2D eigenvalue weighted by molar-refractivity contribution is -0.123. The van der Waals surface area contributed by atoms with E-state index in [4.69, 9.17) is 0 Å². The summed E-state index contributed by atoms with van der Waals surface area (Å²) in [4.78, 5) is 22.0. The average Bonchev–Trinajstić information content (AvgIpc) is 2.47. The molecule has 14 heavy (non-hydrogen) atoms. The highest BCUT2D eigenvalue weighted by atomic mass is 16.2. The van der Waals surface area contributed by atoms with E-state index < -0.39 is 0 Å². The van der Waals surface area contributed by atoms with Gasteiger partial charge in [0.25, 0.3) is 11.8 Å². The molecule has 72 valence electrons. The van der Waals surface area contributed by atoms with Crippen molar-refractivity contribution in [2.45, 2.75) is 0 Å². The van der Waals surface area contributed by atoms with Crippen LogP contribution in [0.3, 0.4) is 0 Å². The SMILES string of the molecule is O.O=C1C=C(c2ccccc2)C(=O)N1. The average molecular weight is 191 g/mol. The van der Waals surface area contributed by atoms with Gasteiger partial charge in [-0.3, -0.25) is 14.9 Å². The Labute approximate surface area is 80.5 Å². The zero-order valence-corrected chi connectivity index (χ0v) is 7.28. The number of carbonyl (C=O) groups excluding carboxylic acids is 2. The minimum atomic E-state index is -0.344. The molecule has 0 bridgehead atoms. The molecule has 1 aliphatic rings. The molecule has 0 unspecified atom stereocenters. The zero-order chi connectivity index (χ0) is 9.26. The second kappa shape index (κ2) is 3.85. The van der Waals surface area contributed by atoms with E-state index in [0.29, 0.717) is 5.57 Å². The number of imide groups is 1. The summed E-state index contributed by atoms with van der Waals surface area (Å²) in [6.45, 7) is 0. The maximum Gasteiger partial charge on any atom is 0.258 e. The lowest BCUT2D eigenvalue weighted by atomic mass is 10.1. The molecule has 1 aromatic carbocycles. The van der Waals surface area contributed by atoms with E-state index in [1.54, 1.807) is 12.1 Å². The third-order valence-electron chi connectivity index (χ3n) is 1.84. The van der Waals surface area contributed by atoms with E-state index in [-0.39, 0.29) is 17.3 Å². The van der Waals surface area contributed by atoms with Gasteiger partial charge in [0.2, 0.25) is 0 Å². The number of carbonyl (C=O) groups is 2. The summed E-state index contributed by atoms with van der Waals surface area (Å²) in [5.74, 6) is -0.667. The summed E-state index contributed by atoms with van der Waals surface area (Å²) < 4.78 is 0. The van der Waals surface area contributed by atoms with Gasteiger partial charge < -0.3 is 5.48 Å². The topological polar surface area (TPSA) is 77.7 Å². The van der Waals surface area contributed by atoms with Gasteiger partial charge in [0.15, 0.2) is 0 Å². The van der Waals surface area contributed by atoms with E-state index >= 15 is 0 Å². The highest BCUT2D eigenvalue weighted by Gasteiger charge is 2.21. The second-order valence-corrected chi connectivity index (χ2v) is 2.74. The van der Waals surface area contributed by atoms with Crippen LogP contribution in [0.25, 0.3) is 5.57 Å². The Morgan fingerprint density at radius 2 is 1.64 bits per heavy atom. The minimum absolute atomic E-state index is 0. The monoisotopic (exact) mass is 191 g/mol. The molecule has 0 aliphatic carbocycles. The number of rotatable bonds is 1. The van der Waals surface area contributed by atoms with Gasteiger partial charge in [0.1, 0.15) is 0 Å². The molecular weight excluding hydrogens is 182 g/mol. The van der Waals surface area contributed by atoms with Crippen LogP contribution in [0, 0.1) is 0 Å². The van der Waals surface area contributed by atoms with Gasteiger partial charge >= 0.3 is 0 Å². The summed E-state index contributed by atoms with van der Waals surface area (Å²) in [6.07, 6.45) is 1.32. The largest absolute Gasteiger partial charge is 0.412 e. The lowest BCUT2D eigenvalue weighted by Gasteiger charge is -1.97. The number of amides is 2. The van der Waals surface area contributed by atoms with Crippen LogP contribution in [0.4, 0.5) is 0 Å². The summed E-state index contributed by atoms with van der Waals surface area (Å²) in [5, 5.41) is 2.19. The van der Waals surface area contributed by atoms with Crippen molar-refractivity contribution in [2.75, 3.05) is 0 Å². The molecule has 2 rings (SSSR count). The van der Waals surface area contributed by atoms with Gasteiger partial charge in [0.05, 0.1) is 5.57 Å². The number of benzene rings is 1. The van der Waals surface area contributed by atoms with E-state index in [9.17, 15) is 9.59 Å². The predicted molar refractivity (Wildman–Crippen MR) is 51.2 cm³/mol. The van der Waals surface area contributed by atoms with Gasteiger partial charge in [-0.25, -0.2) is 0 Å². The summed E-state index contributed by atoms with van der Waals surface area (Å²) in [6, 6.07) is 9.10. The maximum atomic E-state index is 11.2. The fraction of sp³-hybridized carbons (Fsp3) is 0. The molecule has 0 radical (unpaired) electrons. The molecule has 4 nitrogen and oxygen atoms in total. The normalized spacial score (nSPS) is 14.4. The maximum absolute atomic E-state index is 11.2. The van der Waals surface area contributed by atoms with Crippen molar-refractivity contribution >= 4 is 17.4 Å². The molecule has 0 fully saturated rings. The van der Waals surface area contributed by atoms with Crippen molar-refractivity contribution < 1.29 is 15.1 Å². The molecule has 1 heterocycles. The third-order valence-corrected chi connectivity index (χ3v) is 1.84. The van der Waals surface area contributed by atoms with Gasteiger partial charge in [0, 0.05) is 6.08 Å². The van der Waals surface area contributed by atoms with Gasteiger partial charge in [-0.05, 0) is 5.56 Å². The first-order valence-electron chi connectivity index (χ1n) is 3.90. The molecule has 0 aromatic heterocycles. The van der Waals surface area contributed by atoms with Crippen molar-refractivity contribution in [2.24, 2.45) is 0 Å². The van der Waals surface area contributed by atoms with Crippen LogP contribution < -0.4 is 5.32 Å². The van der Waals surface area contributed by atoms with E-state index in [2.05, 4.69) is 5.32 Å². The van der Waals surface area contributed by atoms with Crippen molar-refractivity contribution in [3.63, 3.8) is 0 Å². The first-order chi connectivity index (χ1) is 6.27. The molecule has 1 aliphatic heterocycles. The lowest BCUT2D eigenvalue weighted by Crippen LogP contribution is -2.21. The molecule has 0 atom stereocenters. The standard InChI is InChI=1S/C10H7NO2.H2O/c12-9-6-8(10(13)11-9)7-4-2-1-3-5-7;/h1-6H,(H,11,12,13);1H2. The van der Waals surface area contributed by atoms with Crippen LogP contribution in [0.15, 0.2) is 36.4 Å². The molecule has 0 saturated carbocycles. The smallest absolute Gasteiger partial charge is 0.258 e. The Morgan fingerprint density at radius 1 is 1.00 bits per heavy atom. The Hall–Kier alpha value is -1.94. The Morgan fingerprint density at radius 3 is 2.14 bits per heavy atom. The van der Waals surface area contributed by atoms with Crippen LogP contribution >= 0.6 is 0 Å². The zero-order valence-electron chi connectivity index (χ0n) is 7.28. The molecule has 0 saturated heterocycles. The third kappa shape index (κ3) is 1.70. The molecule has 3 N–H and O–H groups in total. The van der Waals surface area contributed by atoms with E-state index in [1.165, 1.54) is 6.08 Å². The van der Waals surface area contributed by atoms with Gasteiger partial charge in [-0.1, -0.05) is 30.3 Å². The van der Waals surface area contributed by atoms with Crippen molar-refractivity contribution in [1.82, 2.24) is 5.32 Å². The van der Waals surface area contributed by atoms with Gasteiger partial charge in [-0.2, -0.15) is 0 Å². The fourth-order valence-electron chi connectivity index (χ4n) is 1.24. The van der Waals surface area contributed by atoms with Crippen LogP contribution in [-0.4, -0.2) is 17.3 Å². The number of hydrogen-bond acceptors (Lipinski definition) is 2. The number of hydrogen-bond donors (Lipinski definition) is 1. The van der Waals surface area contributed by atoms with Crippen LogP contribution in [-0.2, 0) is 9.59 Å². The second-order valence-electron chi connectivity index (χ2n) is 2.74. The molecular formula is C10H9NO3. The van der Waals surface area contributed by atoms with Crippen molar-refractivity contribution in [1.29, 1.82) is 0 Å². The van der Waals surface area contributed by atoms with Crippen molar-refractivity contribution in [3.05, 3.63) is 42.0 Å². The van der Waals surface area contributed by atoms with Crippen LogP contribution in [0.5, 0.6) is 0 Å². The van der Waals surface area contributed by atoms with Crippen LogP contribution in [0.2, 0.25) is 0 Å². The molecule has 1 aromatic rings. The number of nitrogens with one attached hydrogen (secondary N) is 1. The summed E-state index contributed by atoms with van der Waals surface area (Å²) in [7, 11) is 0. The highest BCUT2D eigenvalue weighted by Crippen LogP contribution is 2.16. The molecule has 0 spiro atoms. The van der Waals surface area contributed by atoms with E-state index in [1.807, 2.05) is 18.2 Å².